The lowest BCUT2D eigenvalue weighted by molar-refractivity contribution is -0.108. The van der Waals surface area contributed by atoms with E-state index in [0.717, 1.165) is 19.4 Å². The number of carbonyl (C=O) groups excluding carboxylic acids is 1. The summed E-state index contributed by atoms with van der Waals surface area (Å²) in [6.45, 7) is 4.26. The highest BCUT2D eigenvalue weighted by Crippen LogP contribution is 1.99. The van der Waals surface area contributed by atoms with Gasteiger partial charge >= 0.3 is 0 Å². The van der Waals surface area contributed by atoms with Crippen molar-refractivity contribution in [3.8, 4) is 0 Å². The van der Waals surface area contributed by atoms with Crippen molar-refractivity contribution in [1.82, 2.24) is 4.90 Å². The summed E-state index contributed by atoms with van der Waals surface area (Å²) in [5, 5.41) is 0. The van der Waals surface area contributed by atoms with E-state index in [0.29, 0.717) is 6.42 Å². The molecule has 0 unspecified atom stereocenters. The standard InChI is InChI=1S/C10H21NO/c1-3-4-5-6-8-11(2)9-7-10-12/h10H,3-9H2,1-2H3. The number of aldehydes is 1. The third-order valence-corrected chi connectivity index (χ3v) is 2.02. The fourth-order valence-electron chi connectivity index (χ4n) is 1.19. The van der Waals surface area contributed by atoms with Gasteiger partial charge in [0.15, 0.2) is 0 Å². The highest BCUT2D eigenvalue weighted by Gasteiger charge is 1.96. The number of unbranched alkanes of at least 4 members (excludes halogenated alkanes) is 3. The number of hydrogen-bond donors (Lipinski definition) is 0. The zero-order valence-electron chi connectivity index (χ0n) is 8.38. The van der Waals surface area contributed by atoms with Crippen molar-refractivity contribution in [3.05, 3.63) is 0 Å². The first-order valence-corrected chi connectivity index (χ1v) is 4.93. The Morgan fingerprint density at radius 1 is 1.17 bits per heavy atom. The molecule has 0 aliphatic rings. The van der Waals surface area contributed by atoms with Crippen LogP contribution >= 0.6 is 0 Å². The van der Waals surface area contributed by atoms with E-state index in [1.165, 1.54) is 25.7 Å². The number of hydrogen-bond acceptors (Lipinski definition) is 2. The van der Waals surface area contributed by atoms with E-state index in [1.807, 2.05) is 0 Å². The first-order chi connectivity index (χ1) is 5.81. The lowest BCUT2D eigenvalue weighted by Crippen LogP contribution is -2.21. The maximum Gasteiger partial charge on any atom is 0.121 e. The highest BCUT2D eigenvalue weighted by molar-refractivity contribution is 5.49. The number of rotatable bonds is 8. The van der Waals surface area contributed by atoms with Gasteiger partial charge in [-0.25, -0.2) is 0 Å². The molecule has 0 radical (unpaired) electrons. The molecular weight excluding hydrogens is 150 g/mol. The van der Waals surface area contributed by atoms with Gasteiger partial charge in [0.1, 0.15) is 6.29 Å². The number of nitrogens with zero attached hydrogens (tertiary/aromatic N) is 1. The molecule has 0 heterocycles. The fraction of sp³-hybridized carbons (Fsp3) is 0.900. The van der Waals surface area contributed by atoms with Crippen LogP contribution in [0.3, 0.4) is 0 Å². The normalized spacial score (nSPS) is 10.6. The molecule has 0 aliphatic heterocycles. The molecule has 0 bridgehead atoms. The van der Waals surface area contributed by atoms with Crippen LogP contribution in [0.2, 0.25) is 0 Å². The molecule has 0 rings (SSSR count). The van der Waals surface area contributed by atoms with Gasteiger partial charge in [-0.1, -0.05) is 26.2 Å². The van der Waals surface area contributed by atoms with Crippen LogP contribution in [-0.4, -0.2) is 31.3 Å². The lowest BCUT2D eigenvalue weighted by Gasteiger charge is -2.14. The molecule has 0 saturated heterocycles. The second kappa shape index (κ2) is 8.72. The van der Waals surface area contributed by atoms with Crippen LogP contribution in [0.15, 0.2) is 0 Å². The summed E-state index contributed by atoms with van der Waals surface area (Å²) in [6, 6.07) is 0. The minimum Gasteiger partial charge on any atom is -0.306 e. The van der Waals surface area contributed by atoms with Crippen LogP contribution in [0.5, 0.6) is 0 Å². The third kappa shape index (κ3) is 7.73. The molecule has 0 aromatic rings. The van der Waals surface area contributed by atoms with E-state index >= 15 is 0 Å². The third-order valence-electron chi connectivity index (χ3n) is 2.02. The van der Waals surface area contributed by atoms with E-state index in [2.05, 4.69) is 18.9 Å². The van der Waals surface area contributed by atoms with E-state index < -0.39 is 0 Å². The Labute approximate surface area is 75.9 Å². The fourth-order valence-corrected chi connectivity index (χ4v) is 1.19. The molecule has 0 aromatic carbocycles. The second-order valence-electron chi connectivity index (χ2n) is 3.32. The van der Waals surface area contributed by atoms with E-state index in [4.69, 9.17) is 0 Å². The SMILES string of the molecule is CCCCCCN(C)CCC=O. The maximum atomic E-state index is 10.1. The zero-order valence-corrected chi connectivity index (χ0v) is 8.38. The Morgan fingerprint density at radius 3 is 2.50 bits per heavy atom. The lowest BCUT2D eigenvalue weighted by atomic mass is 10.2. The van der Waals surface area contributed by atoms with Gasteiger partial charge in [0.2, 0.25) is 0 Å². The minimum absolute atomic E-state index is 0.671. The van der Waals surface area contributed by atoms with Crippen molar-refractivity contribution >= 4 is 6.29 Å². The van der Waals surface area contributed by atoms with Gasteiger partial charge in [-0.15, -0.1) is 0 Å². The summed E-state index contributed by atoms with van der Waals surface area (Å²) < 4.78 is 0. The predicted molar refractivity (Wildman–Crippen MR) is 52.3 cm³/mol. The zero-order chi connectivity index (χ0) is 9.23. The predicted octanol–water partition coefficient (Wildman–Crippen LogP) is 2.09. The molecular formula is C10H21NO. The Kier molecular flexibility index (Phi) is 8.46. The van der Waals surface area contributed by atoms with Gasteiger partial charge < -0.3 is 9.69 Å². The van der Waals surface area contributed by atoms with Gasteiger partial charge in [-0.05, 0) is 20.0 Å². The van der Waals surface area contributed by atoms with Crippen LogP contribution in [0.4, 0.5) is 0 Å². The molecule has 0 amide bonds. The molecule has 0 atom stereocenters. The van der Waals surface area contributed by atoms with Crippen molar-refractivity contribution in [2.75, 3.05) is 20.1 Å². The second-order valence-corrected chi connectivity index (χ2v) is 3.32. The summed E-state index contributed by atoms with van der Waals surface area (Å²) in [5.41, 5.74) is 0. The number of carbonyl (C=O) groups is 1. The molecule has 0 spiro atoms. The summed E-state index contributed by atoms with van der Waals surface area (Å²) in [5.74, 6) is 0. The Morgan fingerprint density at radius 2 is 1.92 bits per heavy atom. The molecule has 2 heteroatoms. The smallest absolute Gasteiger partial charge is 0.121 e. The average molecular weight is 171 g/mol. The quantitative estimate of drug-likeness (QED) is 0.412. The van der Waals surface area contributed by atoms with E-state index in [-0.39, 0.29) is 0 Å². The molecule has 0 saturated carbocycles. The molecule has 12 heavy (non-hydrogen) atoms. The largest absolute Gasteiger partial charge is 0.306 e. The monoisotopic (exact) mass is 171 g/mol. The van der Waals surface area contributed by atoms with Crippen LogP contribution < -0.4 is 0 Å². The van der Waals surface area contributed by atoms with Crippen molar-refractivity contribution in [2.24, 2.45) is 0 Å². The average Bonchev–Trinajstić information content (AvgIpc) is 2.09. The van der Waals surface area contributed by atoms with Crippen LogP contribution in [-0.2, 0) is 4.79 Å². The van der Waals surface area contributed by atoms with Crippen molar-refractivity contribution in [1.29, 1.82) is 0 Å². The Hall–Kier alpha value is -0.370. The van der Waals surface area contributed by atoms with E-state index in [9.17, 15) is 4.79 Å². The van der Waals surface area contributed by atoms with Crippen molar-refractivity contribution < 1.29 is 4.79 Å². The van der Waals surface area contributed by atoms with Gasteiger partial charge in [0, 0.05) is 13.0 Å². The molecule has 2 nitrogen and oxygen atoms in total. The summed E-state index contributed by atoms with van der Waals surface area (Å²) in [6.07, 6.45) is 6.87. The van der Waals surface area contributed by atoms with E-state index in [1.54, 1.807) is 0 Å². The molecule has 0 aliphatic carbocycles. The summed E-state index contributed by atoms with van der Waals surface area (Å²) >= 11 is 0. The van der Waals surface area contributed by atoms with Crippen LogP contribution in [0.1, 0.15) is 39.0 Å². The Bertz CT molecular complexity index is 104. The van der Waals surface area contributed by atoms with Crippen molar-refractivity contribution in [3.63, 3.8) is 0 Å². The first-order valence-electron chi connectivity index (χ1n) is 4.93. The van der Waals surface area contributed by atoms with Gasteiger partial charge in [-0.2, -0.15) is 0 Å². The van der Waals surface area contributed by atoms with Gasteiger partial charge in [0.25, 0.3) is 0 Å². The Balaban J connectivity index is 3.07. The summed E-state index contributed by atoms with van der Waals surface area (Å²) in [4.78, 5) is 12.3. The van der Waals surface area contributed by atoms with Gasteiger partial charge in [0.05, 0.1) is 0 Å². The van der Waals surface area contributed by atoms with Crippen LogP contribution in [0.25, 0.3) is 0 Å². The van der Waals surface area contributed by atoms with Crippen molar-refractivity contribution in [2.45, 2.75) is 39.0 Å². The molecule has 72 valence electrons. The first kappa shape index (κ1) is 11.6. The highest BCUT2D eigenvalue weighted by atomic mass is 16.1. The summed E-state index contributed by atoms with van der Waals surface area (Å²) in [7, 11) is 2.08. The maximum absolute atomic E-state index is 10.1. The molecule has 0 aromatic heterocycles. The minimum atomic E-state index is 0.671. The molecule has 0 fully saturated rings. The molecule has 0 N–H and O–H groups in total. The van der Waals surface area contributed by atoms with Crippen LogP contribution in [0, 0.1) is 0 Å². The topological polar surface area (TPSA) is 20.3 Å². The van der Waals surface area contributed by atoms with Gasteiger partial charge in [-0.3, -0.25) is 0 Å².